The van der Waals surface area contributed by atoms with E-state index in [2.05, 4.69) is 33.6 Å². The molecule has 0 radical (unpaired) electrons. The Morgan fingerprint density at radius 3 is 2.61 bits per heavy atom. The van der Waals surface area contributed by atoms with E-state index in [0.29, 0.717) is 29.1 Å². The highest BCUT2D eigenvalue weighted by atomic mass is 19.1. The van der Waals surface area contributed by atoms with Crippen molar-refractivity contribution >= 4 is 23.0 Å². The molecule has 2 N–H and O–H groups in total. The summed E-state index contributed by atoms with van der Waals surface area (Å²) in [7, 11) is 1.53. The first-order chi connectivity index (χ1) is 21.0. The first kappa shape index (κ1) is 27.9. The van der Waals surface area contributed by atoms with Crippen molar-refractivity contribution in [1.82, 2.24) is 15.0 Å². The maximum absolute atomic E-state index is 14.4. The molecule has 0 bridgehead atoms. The molecule has 1 aromatic carbocycles. The quantitative estimate of drug-likeness (QED) is 0.259. The third-order valence-electron chi connectivity index (χ3n) is 8.44. The Morgan fingerprint density at radius 2 is 1.86 bits per heavy atom. The summed E-state index contributed by atoms with van der Waals surface area (Å²) < 4.78 is 19.7. The molecule has 1 aliphatic carbocycles. The Labute approximate surface area is 255 Å². The molecule has 1 saturated carbocycles. The fraction of sp³-hybridized carbons (Fsp3) is 0.286. The monoisotopic (exact) mass is 588 g/mol. The smallest absolute Gasteiger partial charge is 0.229 e. The van der Waals surface area contributed by atoms with Crippen molar-refractivity contribution in [3.05, 3.63) is 95.0 Å². The number of hydrogen-bond donors (Lipinski definition) is 2. The van der Waals surface area contributed by atoms with Crippen LogP contribution in [0.3, 0.4) is 0 Å². The number of ether oxygens (including phenoxy) is 1. The molecular formula is C35H33FN6O2. The number of nitrogens with one attached hydrogen (secondary N) is 2. The molecule has 44 heavy (non-hydrogen) atoms. The van der Waals surface area contributed by atoms with Crippen LogP contribution in [0.15, 0.2) is 77.3 Å². The van der Waals surface area contributed by atoms with E-state index in [4.69, 9.17) is 14.7 Å². The van der Waals surface area contributed by atoms with Gasteiger partial charge in [-0.3, -0.25) is 19.8 Å². The third kappa shape index (κ3) is 4.82. The summed E-state index contributed by atoms with van der Waals surface area (Å²) >= 11 is 0. The molecule has 5 heterocycles. The average molecular weight is 589 g/mol. The summed E-state index contributed by atoms with van der Waals surface area (Å²) in [5, 5.41) is 6.60. The highest BCUT2D eigenvalue weighted by molar-refractivity contribution is 6.17. The lowest BCUT2D eigenvalue weighted by molar-refractivity contribution is -0.123. The topological polar surface area (TPSA) is 101 Å². The maximum atomic E-state index is 14.4. The molecule has 7 rings (SSSR count). The summed E-state index contributed by atoms with van der Waals surface area (Å²) in [6.07, 6.45) is 7.74. The third-order valence-corrected chi connectivity index (χ3v) is 8.44. The Morgan fingerprint density at radius 1 is 1.05 bits per heavy atom. The van der Waals surface area contributed by atoms with Crippen molar-refractivity contribution < 1.29 is 13.9 Å². The molecule has 9 heteroatoms. The second kappa shape index (κ2) is 10.1. The molecule has 222 valence electrons. The van der Waals surface area contributed by atoms with Crippen molar-refractivity contribution in [2.45, 2.75) is 52.5 Å². The SMILES string of the molecule is COc1cc(F)cc(-c2nccc3c2CC(C)=C(C2=NC4(CC4)c4ccc(-c5cncc(NC(=O)C(C)(C)C)c5)nc42)N3)c1. The highest BCUT2D eigenvalue weighted by Gasteiger charge is 2.51. The fourth-order valence-corrected chi connectivity index (χ4v) is 5.85. The molecule has 1 amide bonds. The van der Waals surface area contributed by atoms with Gasteiger partial charge in [0, 0.05) is 51.8 Å². The van der Waals surface area contributed by atoms with Crippen molar-refractivity contribution in [3.63, 3.8) is 0 Å². The van der Waals surface area contributed by atoms with E-state index in [1.165, 1.54) is 19.2 Å². The second-order valence-electron chi connectivity index (χ2n) is 12.8. The normalized spacial score (nSPS) is 16.2. The number of pyridine rings is 3. The van der Waals surface area contributed by atoms with Gasteiger partial charge in [0.25, 0.3) is 0 Å². The van der Waals surface area contributed by atoms with Crippen molar-refractivity contribution in [3.8, 4) is 28.3 Å². The Bertz CT molecular complexity index is 1920. The van der Waals surface area contributed by atoms with Crippen LogP contribution in [0.1, 0.15) is 57.4 Å². The number of allylic oxidation sites excluding steroid dienone is 2. The van der Waals surface area contributed by atoms with Crippen molar-refractivity contribution in [2.24, 2.45) is 10.4 Å². The molecule has 0 saturated heterocycles. The van der Waals surface area contributed by atoms with Gasteiger partial charge in [-0.2, -0.15) is 0 Å². The molecule has 3 aliphatic rings. The zero-order valence-electron chi connectivity index (χ0n) is 25.4. The molecule has 0 unspecified atom stereocenters. The lowest BCUT2D eigenvalue weighted by Crippen LogP contribution is -2.27. The van der Waals surface area contributed by atoms with E-state index >= 15 is 0 Å². The lowest BCUT2D eigenvalue weighted by Gasteiger charge is -2.25. The zero-order valence-corrected chi connectivity index (χ0v) is 25.4. The van der Waals surface area contributed by atoms with Gasteiger partial charge < -0.3 is 15.4 Å². The van der Waals surface area contributed by atoms with Crippen LogP contribution in [-0.4, -0.2) is 33.7 Å². The minimum Gasteiger partial charge on any atom is -0.497 e. The van der Waals surface area contributed by atoms with Crippen LogP contribution in [0, 0.1) is 11.2 Å². The van der Waals surface area contributed by atoms with Crippen LogP contribution in [0.25, 0.3) is 22.5 Å². The number of rotatable bonds is 5. The number of nitrogens with zero attached hydrogens (tertiary/aromatic N) is 4. The molecule has 8 nitrogen and oxygen atoms in total. The number of halogens is 1. The maximum Gasteiger partial charge on any atom is 0.229 e. The van der Waals surface area contributed by atoms with Crippen LogP contribution in [0.4, 0.5) is 15.8 Å². The highest BCUT2D eigenvalue weighted by Crippen LogP contribution is 2.55. The van der Waals surface area contributed by atoms with Crippen LogP contribution < -0.4 is 15.4 Å². The molecule has 0 atom stereocenters. The van der Waals surface area contributed by atoms with Crippen LogP contribution in [0.2, 0.25) is 0 Å². The van der Waals surface area contributed by atoms with Gasteiger partial charge in [0.1, 0.15) is 17.3 Å². The predicted octanol–water partition coefficient (Wildman–Crippen LogP) is 7.07. The van der Waals surface area contributed by atoms with E-state index in [-0.39, 0.29) is 17.3 Å². The van der Waals surface area contributed by atoms with Gasteiger partial charge >= 0.3 is 0 Å². The summed E-state index contributed by atoms with van der Waals surface area (Å²) in [4.78, 5) is 32.0. The lowest BCUT2D eigenvalue weighted by atomic mass is 9.92. The van der Waals surface area contributed by atoms with Crippen LogP contribution in [-0.2, 0) is 16.8 Å². The van der Waals surface area contributed by atoms with Crippen molar-refractivity contribution in [1.29, 1.82) is 0 Å². The number of methoxy groups -OCH3 is 1. The van der Waals surface area contributed by atoms with E-state index in [1.54, 1.807) is 24.7 Å². The van der Waals surface area contributed by atoms with Gasteiger partial charge in [0.15, 0.2) is 0 Å². The minimum atomic E-state index is -0.524. The Kier molecular flexibility index (Phi) is 6.39. The summed E-state index contributed by atoms with van der Waals surface area (Å²) in [6, 6.07) is 12.6. The fourth-order valence-electron chi connectivity index (χ4n) is 5.85. The predicted molar refractivity (Wildman–Crippen MR) is 169 cm³/mol. The summed E-state index contributed by atoms with van der Waals surface area (Å²) in [5.41, 5.74) is 9.59. The van der Waals surface area contributed by atoms with Crippen LogP contribution in [0.5, 0.6) is 5.75 Å². The number of carbonyl (C=O) groups is 1. The average Bonchev–Trinajstić information content (AvgIpc) is 3.71. The zero-order chi connectivity index (χ0) is 30.8. The molecule has 3 aromatic heterocycles. The van der Waals surface area contributed by atoms with Gasteiger partial charge in [-0.15, -0.1) is 0 Å². The number of hydrogen-bond acceptors (Lipinski definition) is 7. The number of aliphatic imine (C=N–C) groups is 1. The van der Waals surface area contributed by atoms with Gasteiger partial charge in [0.2, 0.25) is 5.91 Å². The number of aromatic nitrogens is 3. The first-order valence-electron chi connectivity index (χ1n) is 14.7. The number of amides is 1. The number of carbonyl (C=O) groups excluding carboxylic acids is 1. The van der Waals surface area contributed by atoms with E-state index in [9.17, 15) is 9.18 Å². The Balaban J connectivity index is 1.24. The van der Waals surface area contributed by atoms with E-state index in [0.717, 1.165) is 63.6 Å². The van der Waals surface area contributed by atoms with E-state index < -0.39 is 5.41 Å². The van der Waals surface area contributed by atoms with Gasteiger partial charge in [-0.05, 0) is 62.1 Å². The van der Waals surface area contributed by atoms with E-state index in [1.807, 2.05) is 39.0 Å². The number of benzene rings is 1. The molecule has 1 spiro atoms. The second-order valence-corrected chi connectivity index (χ2v) is 12.8. The first-order valence-corrected chi connectivity index (χ1v) is 14.7. The molecule has 4 aromatic rings. The standard InChI is InChI=1S/C35H33FN6O2/c1-19-12-25-28(8-11-38-30(25)20-13-22(36)16-24(15-20)44-5)41-29(19)32-31-26(35(42-32)9-10-35)6-7-27(40-31)21-14-23(18-37-17-21)39-33(43)34(2,3)4/h6-8,11,13-18,41H,9-10,12H2,1-5H3,(H,39,43). The van der Waals surface area contributed by atoms with Crippen LogP contribution >= 0.6 is 0 Å². The van der Waals surface area contributed by atoms with Gasteiger partial charge in [-0.1, -0.05) is 26.8 Å². The summed E-state index contributed by atoms with van der Waals surface area (Å²) in [6.45, 7) is 7.71. The molecule has 2 aliphatic heterocycles. The van der Waals surface area contributed by atoms with Gasteiger partial charge in [0.05, 0.1) is 47.3 Å². The Hall–Kier alpha value is -4.92. The number of fused-ring (bicyclic) bond motifs is 3. The van der Waals surface area contributed by atoms with Crippen molar-refractivity contribution in [2.75, 3.05) is 17.7 Å². The minimum absolute atomic E-state index is 0.0792. The summed E-state index contributed by atoms with van der Waals surface area (Å²) in [5.74, 6) is -0.00675. The van der Waals surface area contributed by atoms with Gasteiger partial charge in [-0.25, -0.2) is 9.37 Å². The molecular weight excluding hydrogens is 555 g/mol. The number of anilines is 2. The molecule has 1 fully saturated rings. The largest absolute Gasteiger partial charge is 0.497 e.